The zero-order valence-corrected chi connectivity index (χ0v) is 19.8. The molecule has 1 aliphatic heterocycles. The number of sulfonamides is 1. The van der Waals surface area contributed by atoms with E-state index >= 15 is 0 Å². The van der Waals surface area contributed by atoms with Crippen LogP contribution >= 0.6 is 0 Å². The number of ether oxygens (including phenoxy) is 1. The molecule has 1 fully saturated rings. The first-order valence-electron chi connectivity index (χ1n) is 10.9. The molecule has 1 amide bonds. The quantitative estimate of drug-likeness (QED) is 0.557. The van der Waals surface area contributed by atoms with E-state index in [9.17, 15) is 18.0 Å². The first-order chi connectivity index (χ1) is 16.3. The first-order valence-corrected chi connectivity index (χ1v) is 12.3. The van der Waals surface area contributed by atoms with E-state index in [1.165, 1.54) is 29.6 Å². The molecule has 1 aliphatic rings. The van der Waals surface area contributed by atoms with Crippen LogP contribution in [-0.4, -0.2) is 48.8 Å². The summed E-state index contributed by atoms with van der Waals surface area (Å²) in [6.07, 6.45) is 0.849. The molecule has 0 atom stereocenters. The molecule has 10 heteroatoms. The number of hydrogen-bond donors (Lipinski definition) is 2. The van der Waals surface area contributed by atoms with E-state index in [1.54, 1.807) is 43.3 Å². The summed E-state index contributed by atoms with van der Waals surface area (Å²) in [6, 6.07) is 14.8. The van der Waals surface area contributed by atoms with Gasteiger partial charge in [-0.1, -0.05) is 12.1 Å². The molecule has 4 rings (SSSR count). The van der Waals surface area contributed by atoms with Crippen molar-refractivity contribution in [3.63, 3.8) is 0 Å². The third-order valence-corrected chi connectivity index (χ3v) is 7.71. The van der Waals surface area contributed by atoms with Gasteiger partial charge in [0.2, 0.25) is 15.9 Å². The van der Waals surface area contributed by atoms with Crippen molar-refractivity contribution >= 4 is 21.6 Å². The minimum atomic E-state index is -3.63. The lowest BCUT2D eigenvalue weighted by molar-refractivity contribution is -0.120. The predicted octanol–water partition coefficient (Wildman–Crippen LogP) is 2.79. The summed E-state index contributed by atoms with van der Waals surface area (Å²) in [6.45, 7) is 2.27. The SMILES string of the molecule is COc1ccc(S(=O)(=O)N2CCC(C(=O)Nc3cccc(-c4nc(C)cc(=O)[nH]4)c3)CC2)cc1. The third kappa shape index (κ3) is 5.18. The van der Waals surface area contributed by atoms with E-state index in [1.807, 2.05) is 0 Å². The van der Waals surface area contributed by atoms with Gasteiger partial charge in [0, 0.05) is 42.0 Å². The van der Waals surface area contributed by atoms with Gasteiger partial charge >= 0.3 is 0 Å². The Labute approximate surface area is 197 Å². The number of amides is 1. The molecular weight excluding hydrogens is 456 g/mol. The average molecular weight is 483 g/mol. The van der Waals surface area contributed by atoms with Crippen molar-refractivity contribution in [1.29, 1.82) is 0 Å². The van der Waals surface area contributed by atoms with Crippen molar-refractivity contribution in [2.24, 2.45) is 5.92 Å². The molecule has 1 saturated heterocycles. The van der Waals surface area contributed by atoms with Crippen LogP contribution in [0.4, 0.5) is 5.69 Å². The van der Waals surface area contributed by atoms with Crippen molar-refractivity contribution in [3.8, 4) is 17.1 Å². The number of aromatic amines is 1. The number of H-pyrrole nitrogens is 1. The third-order valence-electron chi connectivity index (χ3n) is 5.80. The number of carbonyl (C=O) groups excluding carboxylic acids is 1. The van der Waals surface area contributed by atoms with E-state index in [0.29, 0.717) is 41.4 Å². The van der Waals surface area contributed by atoms with Crippen molar-refractivity contribution in [1.82, 2.24) is 14.3 Å². The van der Waals surface area contributed by atoms with Gasteiger partial charge in [-0.2, -0.15) is 4.31 Å². The lowest BCUT2D eigenvalue weighted by Gasteiger charge is -2.30. The molecule has 1 aromatic heterocycles. The molecule has 2 heterocycles. The van der Waals surface area contributed by atoms with Crippen LogP contribution in [0, 0.1) is 12.8 Å². The summed E-state index contributed by atoms with van der Waals surface area (Å²) in [7, 11) is -2.10. The molecule has 2 N–H and O–H groups in total. The Morgan fingerprint density at radius 2 is 1.82 bits per heavy atom. The average Bonchev–Trinajstić information content (AvgIpc) is 2.83. The van der Waals surface area contributed by atoms with Crippen molar-refractivity contribution in [2.75, 3.05) is 25.5 Å². The van der Waals surface area contributed by atoms with Crippen LogP contribution in [0.2, 0.25) is 0 Å². The molecule has 2 aromatic carbocycles. The smallest absolute Gasteiger partial charge is 0.251 e. The number of benzene rings is 2. The molecule has 0 bridgehead atoms. The van der Waals surface area contributed by atoms with Gasteiger partial charge in [0.05, 0.1) is 12.0 Å². The Morgan fingerprint density at radius 3 is 2.47 bits per heavy atom. The number of anilines is 1. The first kappa shape index (κ1) is 23.7. The number of hydrogen-bond acceptors (Lipinski definition) is 6. The highest BCUT2D eigenvalue weighted by atomic mass is 32.2. The lowest BCUT2D eigenvalue weighted by Crippen LogP contribution is -2.41. The van der Waals surface area contributed by atoms with Gasteiger partial charge in [0.1, 0.15) is 11.6 Å². The second kappa shape index (κ2) is 9.78. The van der Waals surface area contributed by atoms with Gasteiger partial charge in [-0.05, 0) is 56.2 Å². The normalized spacial score (nSPS) is 15.1. The Hall–Kier alpha value is -3.50. The second-order valence-corrected chi connectivity index (χ2v) is 10.1. The van der Waals surface area contributed by atoms with Gasteiger partial charge in [0.15, 0.2) is 0 Å². The van der Waals surface area contributed by atoms with Crippen LogP contribution in [0.1, 0.15) is 18.5 Å². The summed E-state index contributed by atoms with van der Waals surface area (Å²) >= 11 is 0. The van der Waals surface area contributed by atoms with Crippen LogP contribution in [0.15, 0.2) is 64.3 Å². The summed E-state index contributed by atoms with van der Waals surface area (Å²) in [5.74, 6) is 0.549. The van der Waals surface area contributed by atoms with Gasteiger partial charge in [-0.3, -0.25) is 9.59 Å². The Kier molecular flexibility index (Phi) is 6.80. The van der Waals surface area contributed by atoms with Crippen LogP contribution in [0.5, 0.6) is 5.75 Å². The summed E-state index contributed by atoms with van der Waals surface area (Å²) in [4.78, 5) is 31.9. The fourth-order valence-corrected chi connectivity index (χ4v) is 5.43. The summed E-state index contributed by atoms with van der Waals surface area (Å²) < 4.78 is 32.4. The maximum Gasteiger partial charge on any atom is 0.251 e. The second-order valence-electron chi connectivity index (χ2n) is 8.16. The fraction of sp³-hybridized carbons (Fsp3) is 0.292. The molecule has 34 heavy (non-hydrogen) atoms. The Morgan fingerprint density at radius 1 is 1.12 bits per heavy atom. The molecule has 3 aromatic rings. The highest BCUT2D eigenvalue weighted by molar-refractivity contribution is 7.89. The summed E-state index contributed by atoms with van der Waals surface area (Å²) in [5.41, 5.74) is 1.62. The van der Waals surface area contributed by atoms with E-state index < -0.39 is 10.0 Å². The number of nitrogens with one attached hydrogen (secondary N) is 2. The monoisotopic (exact) mass is 482 g/mol. The molecule has 0 aliphatic carbocycles. The number of carbonyl (C=O) groups is 1. The van der Waals surface area contributed by atoms with Crippen molar-refractivity contribution in [2.45, 2.75) is 24.7 Å². The largest absolute Gasteiger partial charge is 0.497 e. The zero-order chi connectivity index (χ0) is 24.3. The fourth-order valence-electron chi connectivity index (χ4n) is 3.96. The number of nitrogens with zero attached hydrogens (tertiary/aromatic N) is 2. The summed E-state index contributed by atoms with van der Waals surface area (Å²) in [5, 5.41) is 2.91. The molecule has 178 valence electrons. The molecule has 9 nitrogen and oxygen atoms in total. The molecule has 0 spiro atoms. The zero-order valence-electron chi connectivity index (χ0n) is 18.9. The number of aryl methyl sites for hydroxylation is 1. The van der Waals surface area contributed by atoms with Crippen LogP contribution in [-0.2, 0) is 14.8 Å². The van der Waals surface area contributed by atoms with E-state index in [4.69, 9.17) is 4.74 Å². The van der Waals surface area contributed by atoms with Crippen LogP contribution in [0.3, 0.4) is 0 Å². The number of rotatable bonds is 6. The van der Waals surface area contributed by atoms with Gasteiger partial charge in [-0.15, -0.1) is 0 Å². The number of aromatic nitrogens is 2. The number of piperidine rings is 1. The topological polar surface area (TPSA) is 121 Å². The highest BCUT2D eigenvalue weighted by Crippen LogP contribution is 2.26. The lowest BCUT2D eigenvalue weighted by atomic mass is 9.97. The van der Waals surface area contributed by atoms with Crippen LogP contribution in [0.25, 0.3) is 11.4 Å². The van der Waals surface area contributed by atoms with Crippen molar-refractivity contribution in [3.05, 3.63) is 70.6 Å². The maximum atomic E-state index is 12.9. The standard InChI is InChI=1S/C24H26N4O5S/c1-16-14-22(29)27-23(25-16)18-4-3-5-19(15-18)26-24(30)17-10-12-28(13-11-17)34(31,32)21-8-6-20(33-2)7-9-21/h3-9,14-15,17H,10-13H2,1-2H3,(H,26,30)(H,25,27,29). The minimum absolute atomic E-state index is 0.163. The molecular formula is C24H26N4O5S. The van der Waals surface area contributed by atoms with Crippen LogP contribution < -0.4 is 15.6 Å². The van der Waals surface area contributed by atoms with Gasteiger partial charge < -0.3 is 15.0 Å². The number of methoxy groups -OCH3 is 1. The van der Waals surface area contributed by atoms with E-state index in [-0.39, 0.29) is 35.4 Å². The van der Waals surface area contributed by atoms with E-state index in [0.717, 1.165) is 0 Å². The highest BCUT2D eigenvalue weighted by Gasteiger charge is 2.32. The van der Waals surface area contributed by atoms with Gasteiger partial charge in [0.25, 0.3) is 5.56 Å². The maximum absolute atomic E-state index is 12.9. The van der Waals surface area contributed by atoms with Gasteiger partial charge in [-0.25, -0.2) is 13.4 Å². The van der Waals surface area contributed by atoms with E-state index in [2.05, 4.69) is 15.3 Å². The minimum Gasteiger partial charge on any atom is -0.497 e. The Bertz CT molecular complexity index is 1340. The Balaban J connectivity index is 1.40. The predicted molar refractivity (Wildman–Crippen MR) is 128 cm³/mol. The molecule has 0 unspecified atom stereocenters. The van der Waals surface area contributed by atoms with Crippen molar-refractivity contribution < 1.29 is 17.9 Å². The molecule has 0 saturated carbocycles. The molecule has 0 radical (unpaired) electrons.